The van der Waals surface area contributed by atoms with Crippen molar-refractivity contribution in [1.82, 2.24) is 0 Å². The van der Waals surface area contributed by atoms with Crippen LogP contribution >= 0.6 is 0 Å². The van der Waals surface area contributed by atoms with Crippen LogP contribution in [0.2, 0.25) is 0 Å². The van der Waals surface area contributed by atoms with Gasteiger partial charge in [0.2, 0.25) is 0 Å². The standard InChI is InChI=1S/C20H20O6/c1-24-17-10-8-15(12-18(17)25-2)16(9-11-19(21)22)20(23)26-13-14-6-4-3-5-7-14/h3-10,12H,11,13H2,1-2H3,(H,21,22)/b16-9-. The van der Waals surface area contributed by atoms with E-state index in [1.165, 1.54) is 20.3 Å². The molecule has 6 nitrogen and oxygen atoms in total. The van der Waals surface area contributed by atoms with Gasteiger partial charge < -0.3 is 19.3 Å². The fourth-order valence-electron chi connectivity index (χ4n) is 2.31. The zero-order valence-electron chi connectivity index (χ0n) is 14.6. The van der Waals surface area contributed by atoms with Gasteiger partial charge in [-0.15, -0.1) is 0 Å². The average molecular weight is 356 g/mol. The van der Waals surface area contributed by atoms with Crippen molar-refractivity contribution in [3.8, 4) is 11.5 Å². The molecule has 0 saturated heterocycles. The zero-order valence-corrected chi connectivity index (χ0v) is 14.6. The van der Waals surface area contributed by atoms with E-state index in [0.717, 1.165) is 5.56 Å². The number of benzene rings is 2. The lowest BCUT2D eigenvalue weighted by Gasteiger charge is -2.12. The van der Waals surface area contributed by atoms with Crippen molar-refractivity contribution >= 4 is 17.5 Å². The van der Waals surface area contributed by atoms with Gasteiger partial charge in [0.1, 0.15) is 6.61 Å². The van der Waals surface area contributed by atoms with Crippen LogP contribution in [0.25, 0.3) is 5.57 Å². The molecule has 0 radical (unpaired) electrons. The minimum Gasteiger partial charge on any atom is -0.493 e. The molecule has 0 fully saturated rings. The number of ether oxygens (including phenoxy) is 3. The Balaban J connectivity index is 2.26. The molecule has 2 rings (SSSR count). The maximum atomic E-state index is 12.5. The predicted molar refractivity (Wildman–Crippen MR) is 96.0 cm³/mol. The smallest absolute Gasteiger partial charge is 0.338 e. The Bertz CT molecular complexity index is 795. The number of esters is 1. The van der Waals surface area contributed by atoms with Crippen molar-refractivity contribution in [3.63, 3.8) is 0 Å². The van der Waals surface area contributed by atoms with Crippen LogP contribution in [0.4, 0.5) is 0 Å². The van der Waals surface area contributed by atoms with Crippen molar-refractivity contribution in [2.45, 2.75) is 13.0 Å². The van der Waals surface area contributed by atoms with Gasteiger partial charge >= 0.3 is 11.9 Å². The summed E-state index contributed by atoms with van der Waals surface area (Å²) < 4.78 is 15.8. The second-order valence-corrected chi connectivity index (χ2v) is 5.35. The van der Waals surface area contributed by atoms with Gasteiger partial charge in [0.25, 0.3) is 0 Å². The van der Waals surface area contributed by atoms with Gasteiger partial charge in [-0.05, 0) is 23.3 Å². The van der Waals surface area contributed by atoms with Crippen molar-refractivity contribution < 1.29 is 28.9 Å². The van der Waals surface area contributed by atoms with Crippen LogP contribution in [0.3, 0.4) is 0 Å². The molecule has 0 amide bonds. The maximum absolute atomic E-state index is 12.5. The summed E-state index contributed by atoms with van der Waals surface area (Å²) in [5.74, 6) is -0.713. The number of carboxylic acids is 1. The third-order valence-electron chi connectivity index (χ3n) is 3.61. The molecule has 0 aliphatic heterocycles. The Labute approximate surface area is 151 Å². The summed E-state index contributed by atoms with van der Waals surface area (Å²) in [6, 6.07) is 14.1. The van der Waals surface area contributed by atoms with Gasteiger partial charge in [-0.25, -0.2) is 4.79 Å². The van der Waals surface area contributed by atoms with E-state index in [1.807, 2.05) is 30.3 Å². The molecular formula is C20H20O6. The number of rotatable bonds is 8. The molecule has 0 aliphatic rings. The minimum absolute atomic E-state index is 0.0946. The number of carbonyl (C=O) groups is 2. The molecule has 0 aromatic heterocycles. The first-order chi connectivity index (χ1) is 12.5. The van der Waals surface area contributed by atoms with Crippen LogP contribution in [-0.2, 0) is 20.9 Å². The van der Waals surface area contributed by atoms with E-state index < -0.39 is 11.9 Å². The summed E-state index contributed by atoms with van der Waals surface area (Å²) in [5.41, 5.74) is 1.48. The highest BCUT2D eigenvalue weighted by atomic mass is 16.5. The normalized spacial score (nSPS) is 10.9. The van der Waals surface area contributed by atoms with Crippen LogP contribution in [0.15, 0.2) is 54.6 Å². The highest BCUT2D eigenvalue weighted by Crippen LogP contribution is 2.31. The van der Waals surface area contributed by atoms with Crippen molar-refractivity contribution in [3.05, 3.63) is 65.7 Å². The van der Waals surface area contributed by atoms with Gasteiger partial charge in [0.15, 0.2) is 11.5 Å². The molecule has 136 valence electrons. The summed E-state index contributed by atoms with van der Waals surface area (Å²) in [4.78, 5) is 23.4. The minimum atomic E-state index is -1.04. The molecule has 26 heavy (non-hydrogen) atoms. The molecule has 0 heterocycles. The quantitative estimate of drug-likeness (QED) is 0.577. The van der Waals surface area contributed by atoms with E-state index in [1.54, 1.807) is 18.2 Å². The Morgan fingerprint density at radius 3 is 2.31 bits per heavy atom. The maximum Gasteiger partial charge on any atom is 0.338 e. The van der Waals surface area contributed by atoms with Crippen LogP contribution in [0.5, 0.6) is 11.5 Å². The Hall–Kier alpha value is -3.28. The molecule has 0 bridgehead atoms. The topological polar surface area (TPSA) is 82.1 Å². The first-order valence-electron chi connectivity index (χ1n) is 7.90. The van der Waals surface area contributed by atoms with Gasteiger partial charge in [0, 0.05) is 0 Å². The van der Waals surface area contributed by atoms with E-state index in [-0.39, 0.29) is 18.6 Å². The second kappa shape index (κ2) is 9.27. The first kappa shape index (κ1) is 19.1. The molecular weight excluding hydrogens is 336 g/mol. The number of aliphatic carboxylic acids is 1. The van der Waals surface area contributed by atoms with Gasteiger partial charge in [0.05, 0.1) is 26.2 Å². The molecule has 0 atom stereocenters. The monoisotopic (exact) mass is 356 g/mol. The number of hydrogen-bond donors (Lipinski definition) is 1. The van der Waals surface area contributed by atoms with Gasteiger partial charge in [-0.3, -0.25) is 4.79 Å². The number of carbonyl (C=O) groups excluding carboxylic acids is 1. The van der Waals surface area contributed by atoms with Crippen LogP contribution < -0.4 is 9.47 Å². The third kappa shape index (κ3) is 5.11. The Morgan fingerprint density at radius 1 is 1.00 bits per heavy atom. The van der Waals surface area contributed by atoms with Crippen molar-refractivity contribution in [2.24, 2.45) is 0 Å². The van der Waals surface area contributed by atoms with Crippen molar-refractivity contribution in [1.29, 1.82) is 0 Å². The summed E-state index contributed by atoms with van der Waals surface area (Å²) in [7, 11) is 2.99. The lowest BCUT2D eigenvalue weighted by molar-refractivity contribution is -0.137. The Kier molecular flexibility index (Phi) is 6.79. The average Bonchev–Trinajstić information content (AvgIpc) is 2.66. The molecule has 0 aliphatic carbocycles. The van der Waals surface area contributed by atoms with Crippen LogP contribution in [0, 0.1) is 0 Å². The number of methoxy groups -OCH3 is 2. The molecule has 2 aromatic rings. The summed E-state index contributed by atoms with van der Waals surface area (Å²) in [6.07, 6.45) is 1.03. The third-order valence-corrected chi connectivity index (χ3v) is 3.61. The zero-order chi connectivity index (χ0) is 18.9. The SMILES string of the molecule is COc1ccc(/C(=C/CC(=O)O)C(=O)OCc2ccccc2)cc1OC. The summed E-state index contributed by atoms with van der Waals surface area (Å²) in [5, 5.41) is 8.94. The van der Waals surface area contributed by atoms with E-state index in [4.69, 9.17) is 19.3 Å². The van der Waals surface area contributed by atoms with E-state index in [0.29, 0.717) is 17.1 Å². The molecule has 2 aromatic carbocycles. The van der Waals surface area contributed by atoms with E-state index in [2.05, 4.69) is 0 Å². The first-order valence-corrected chi connectivity index (χ1v) is 7.90. The lowest BCUT2D eigenvalue weighted by atomic mass is 10.0. The summed E-state index contributed by atoms with van der Waals surface area (Å²) >= 11 is 0. The fraction of sp³-hybridized carbons (Fsp3) is 0.200. The van der Waals surface area contributed by atoms with Gasteiger partial charge in [-0.2, -0.15) is 0 Å². The molecule has 1 N–H and O–H groups in total. The van der Waals surface area contributed by atoms with Gasteiger partial charge in [-0.1, -0.05) is 42.5 Å². The molecule has 0 unspecified atom stereocenters. The Morgan fingerprint density at radius 2 is 1.69 bits per heavy atom. The van der Waals surface area contributed by atoms with Crippen molar-refractivity contribution in [2.75, 3.05) is 14.2 Å². The largest absolute Gasteiger partial charge is 0.493 e. The molecule has 6 heteroatoms. The lowest BCUT2D eigenvalue weighted by Crippen LogP contribution is -2.08. The van der Waals surface area contributed by atoms with E-state index >= 15 is 0 Å². The second-order valence-electron chi connectivity index (χ2n) is 5.35. The number of hydrogen-bond acceptors (Lipinski definition) is 5. The highest BCUT2D eigenvalue weighted by molar-refractivity contribution is 6.16. The highest BCUT2D eigenvalue weighted by Gasteiger charge is 2.17. The van der Waals surface area contributed by atoms with Crippen LogP contribution in [-0.4, -0.2) is 31.3 Å². The fourth-order valence-corrected chi connectivity index (χ4v) is 2.31. The number of carboxylic acid groups (broad SMARTS) is 1. The molecule has 0 spiro atoms. The predicted octanol–water partition coefficient (Wildman–Crippen LogP) is 3.31. The molecule has 0 saturated carbocycles. The van der Waals surface area contributed by atoms with Crippen LogP contribution in [0.1, 0.15) is 17.5 Å². The van der Waals surface area contributed by atoms with E-state index in [9.17, 15) is 9.59 Å². The summed E-state index contributed by atoms with van der Waals surface area (Å²) in [6.45, 7) is 0.0946.